The fourth-order valence-electron chi connectivity index (χ4n) is 4.17. The van der Waals surface area contributed by atoms with Crippen molar-refractivity contribution in [2.24, 2.45) is 0 Å². The molecule has 7 heteroatoms. The number of hydrogen-bond donors (Lipinski definition) is 1. The first-order chi connectivity index (χ1) is 15.2. The minimum Gasteiger partial charge on any atom is -0.272 e. The molecular formula is C25H31AuN3P2S+. The molecule has 172 valence electrons. The molecule has 2 saturated heterocycles. The van der Waals surface area contributed by atoms with Crippen LogP contribution < -0.4 is 21.2 Å². The molecule has 2 atom stereocenters. The fraction of sp³-hybridized carbons (Fsp3) is 0.280. The molecule has 0 aliphatic carbocycles. The van der Waals surface area contributed by atoms with Crippen LogP contribution in [0.2, 0.25) is 0 Å². The van der Waals surface area contributed by atoms with E-state index in [-0.39, 0.29) is 30.3 Å². The smallest absolute Gasteiger partial charge is 0.272 e. The Morgan fingerprint density at radius 1 is 0.938 bits per heavy atom. The summed E-state index contributed by atoms with van der Waals surface area (Å²) in [6, 6.07) is 30.2. The van der Waals surface area contributed by atoms with Crippen molar-refractivity contribution >= 4 is 41.7 Å². The van der Waals surface area contributed by atoms with E-state index in [1.165, 1.54) is 42.7 Å². The van der Waals surface area contributed by atoms with Gasteiger partial charge < -0.3 is 0 Å². The summed E-state index contributed by atoms with van der Waals surface area (Å²) >= 11 is 6.18. The van der Waals surface area contributed by atoms with E-state index in [4.69, 9.17) is 11.8 Å². The van der Waals surface area contributed by atoms with E-state index in [0.717, 1.165) is 12.0 Å². The summed E-state index contributed by atoms with van der Waals surface area (Å²) in [5.74, 6) is 0. The van der Waals surface area contributed by atoms with Gasteiger partial charge in [0.05, 0.1) is 13.3 Å². The zero-order chi connectivity index (χ0) is 21.5. The minimum absolute atomic E-state index is 0. The van der Waals surface area contributed by atoms with Crippen LogP contribution in [0.5, 0.6) is 0 Å². The topological polar surface area (TPSA) is 18.5 Å². The molecule has 0 spiro atoms. The van der Waals surface area contributed by atoms with Crippen LogP contribution in [0.3, 0.4) is 0 Å². The van der Waals surface area contributed by atoms with Gasteiger partial charge in [-0.15, -0.1) is 5.30 Å². The Labute approximate surface area is 214 Å². The fourth-order valence-corrected chi connectivity index (χ4v) is 10.4. The number of rotatable bonds is 4. The second-order valence-corrected chi connectivity index (χ2v) is 14.8. The summed E-state index contributed by atoms with van der Waals surface area (Å²) in [7, 11) is -0.0688. The summed E-state index contributed by atoms with van der Waals surface area (Å²) in [5.41, 5.74) is 0. The van der Waals surface area contributed by atoms with Gasteiger partial charge in [0, 0.05) is 14.0 Å². The number of benzene rings is 3. The monoisotopic (exact) mass is 664 g/mol. The second-order valence-electron chi connectivity index (χ2n) is 7.98. The Hall–Kier alpha value is -0.640. The maximum Gasteiger partial charge on any atom is 1.00 e. The average Bonchev–Trinajstić information content (AvgIpc) is 2.85. The van der Waals surface area contributed by atoms with Crippen molar-refractivity contribution in [1.82, 2.24) is 15.1 Å². The van der Waals surface area contributed by atoms with E-state index in [0.29, 0.717) is 0 Å². The van der Waals surface area contributed by atoms with Crippen LogP contribution in [-0.4, -0.2) is 48.5 Å². The largest absolute Gasteiger partial charge is 1.00 e. The molecule has 0 saturated carbocycles. The zero-order valence-electron chi connectivity index (χ0n) is 18.4. The molecule has 2 unspecified atom stereocenters. The van der Waals surface area contributed by atoms with Crippen LogP contribution in [0.15, 0.2) is 84.9 Å². The first kappa shape index (κ1) is 26.0. The van der Waals surface area contributed by atoms with Crippen molar-refractivity contribution in [1.29, 1.82) is 0 Å². The van der Waals surface area contributed by atoms with Crippen LogP contribution in [0.25, 0.3) is 0 Å². The summed E-state index contributed by atoms with van der Waals surface area (Å²) in [6.45, 7) is 5.80. The van der Waals surface area contributed by atoms with Gasteiger partial charge in [-0.2, -0.15) is 30.3 Å². The SMILES string of the molecule is CCN1CN2CNC[PH+](C1)C2.S=P(c1[c-]cccc1)(c1ccccc1)c1ccccc1.[Au+]. The third-order valence-corrected chi connectivity index (χ3v) is 13.1. The van der Waals surface area contributed by atoms with Crippen LogP contribution in [0, 0.1) is 6.07 Å². The molecule has 32 heavy (non-hydrogen) atoms. The van der Waals surface area contributed by atoms with Gasteiger partial charge in [-0.25, -0.2) is 4.90 Å². The third-order valence-electron chi connectivity index (χ3n) is 5.72. The predicted molar refractivity (Wildman–Crippen MR) is 141 cm³/mol. The molecule has 3 aromatic rings. The van der Waals surface area contributed by atoms with E-state index in [1.54, 1.807) is 0 Å². The van der Waals surface area contributed by atoms with Crippen LogP contribution in [-0.2, 0) is 34.2 Å². The van der Waals surface area contributed by atoms with E-state index in [2.05, 4.69) is 82.7 Å². The van der Waals surface area contributed by atoms with Crippen molar-refractivity contribution in [3.8, 4) is 0 Å². The minimum atomic E-state index is -2.00. The van der Waals surface area contributed by atoms with Crippen LogP contribution in [0.4, 0.5) is 0 Å². The molecule has 5 rings (SSSR count). The van der Waals surface area contributed by atoms with Crippen molar-refractivity contribution in [3.05, 3.63) is 91.0 Å². The summed E-state index contributed by atoms with van der Waals surface area (Å²) < 4.78 is 0. The molecule has 2 fully saturated rings. The molecule has 1 N–H and O–H groups in total. The first-order valence-corrected chi connectivity index (χ1v) is 15.8. The Kier molecular flexibility index (Phi) is 10.3. The van der Waals surface area contributed by atoms with E-state index in [9.17, 15) is 0 Å². The molecule has 2 aliphatic rings. The molecule has 0 aromatic heterocycles. The molecule has 3 aromatic carbocycles. The second kappa shape index (κ2) is 12.7. The van der Waals surface area contributed by atoms with Gasteiger partial charge >= 0.3 is 22.4 Å². The first-order valence-electron chi connectivity index (χ1n) is 10.9. The third kappa shape index (κ3) is 6.27. The molecule has 0 amide bonds. The zero-order valence-corrected chi connectivity index (χ0v) is 23.3. The number of hydrogen-bond acceptors (Lipinski definition) is 4. The normalized spacial score (nSPS) is 20.4. The average molecular weight is 665 g/mol. The maximum absolute atomic E-state index is 6.18. The molecule has 0 radical (unpaired) electrons. The van der Waals surface area contributed by atoms with Gasteiger partial charge in [0.25, 0.3) is 0 Å². The van der Waals surface area contributed by atoms with Gasteiger partial charge in [0.1, 0.15) is 18.9 Å². The Bertz CT molecular complexity index is 876. The van der Waals surface area contributed by atoms with Crippen LogP contribution >= 0.6 is 14.0 Å². The van der Waals surface area contributed by atoms with Crippen molar-refractivity contribution < 1.29 is 22.4 Å². The Balaban J connectivity index is 0.000000204. The van der Waals surface area contributed by atoms with Crippen molar-refractivity contribution in [3.63, 3.8) is 0 Å². The standard InChI is InChI=1S/C18H14PS.C7H16N3P.Au/c20-19(16-10-4-1-5-11-16,17-12-6-2-7-13-17)18-14-8-3-9-15-18;1-2-9-5-10-3-8-4-11(6-9)7-10;/h1-14H;8H,2-7H2,1H3;/q-1;;+1/p+1. The van der Waals surface area contributed by atoms with E-state index in [1.807, 2.05) is 30.3 Å². The number of fused-ring (bicyclic) bond motifs is 2. The van der Waals surface area contributed by atoms with Gasteiger partial charge in [0.2, 0.25) is 0 Å². The van der Waals surface area contributed by atoms with Crippen molar-refractivity contribution in [2.75, 3.05) is 38.7 Å². The number of nitrogens with one attached hydrogen (secondary N) is 1. The Morgan fingerprint density at radius 3 is 2.09 bits per heavy atom. The molecule has 3 nitrogen and oxygen atoms in total. The molecule has 2 aliphatic heterocycles. The van der Waals surface area contributed by atoms with Gasteiger partial charge in [0.15, 0.2) is 0 Å². The quantitative estimate of drug-likeness (QED) is 0.262. The Morgan fingerprint density at radius 2 is 1.56 bits per heavy atom. The number of nitrogens with zero attached hydrogens (tertiary/aromatic N) is 2. The summed E-state index contributed by atoms with van der Waals surface area (Å²) in [6.07, 6.45) is 4.12. The summed E-state index contributed by atoms with van der Waals surface area (Å²) in [4.78, 5) is 5.10. The van der Waals surface area contributed by atoms with E-state index < -0.39 is 6.04 Å². The van der Waals surface area contributed by atoms with Gasteiger partial charge in [-0.05, 0) is 17.2 Å². The maximum atomic E-state index is 6.18. The van der Waals surface area contributed by atoms with E-state index >= 15 is 0 Å². The molecule has 2 heterocycles. The van der Waals surface area contributed by atoms with Gasteiger partial charge in [-0.3, -0.25) is 10.2 Å². The predicted octanol–water partition coefficient (Wildman–Crippen LogP) is 3.47. The van der Waals surface area contributed by atoms with Crippen LogP contribution in [0.1, 0.15) is 6.92 Å². The molecule has 2 bridgehead atoms. The van der Waals surface area contributed by atoms with Gasteiger partial charge in [-0.1, -0.05) is 79.4 Å². The van der Waals surface area contributed by atoms with Crippen molar-refractivity contribution in [2.45, 2.75) is 6.92 Å². The molecular weight excluding hydrogens is 633 g/mol. The summed E-state index contributed by atoms with van der Waals surface area (Å²) in [5, 5.41) is 7.02.